The lowest BCUT2D eigenvalue weighted by molar-refractivity contribution is -0.121. The van der Waals surface area contributed by atoms with Crippen LogP contribution in [0.5, 0.6) is 0 Å². The van der Waals surface area contributed by atoms with Crippen LogP contribution in [0.1, 0.15) is 30.0 Å². The Hall–Kier alpha value is -1.65. The quantitative estimate of drug-likeness (QED) is 0.683. The van der Waals surface area contributed by atoms with Crippen LogP contribution in [-0.4, -0.2) is 24.8 Å². The number of carbonyl (C=O) groups is 1. The molecule has 1 unspecified atom stereocenters. The molecule has 3 rings (SSSR count). The van der Waals surface area contributed by atoms with Crippen molar-refractivity contribution in [2.24, 2.45) is 0 Å². The predicted octanol–water partition coefficient (Wildman–Crippen LogP) is 2.44. The van der Waals surface area contributed by atoms with Crippen LogP contribution < -0.4 is 15.7 Å². The van der Waals surface area contributed by atoms with Crippen molar-refractivity contribution in [3.63, 3.8) is 0 Å². The summed E-state index contributed by atoms with van der Waals surface area (Å²) in [6, 6.07) is 10.5. The van der Waals surface area contributed by atoms with E-state index in [0.29, 0.717) is 18.7 Å². The first-order chi connectivity index (χ1) is 11.1. The second-order valence-corrected chi connectivity index (χ2v) is 11.2. The molecule has 120 valence electrons. The summed E-state index contributed by atoms with van der Waals surface area (Å²) in [5, 5.41) is 5.93. The molecule has 1 amide bonds. The monoisotopic (exact) mass is 344 g/mol. The van der Waals surface area contributed by atoms with Gasteiger partial charge in [0, 0.05) is 24.7 Å². The Balaban J connectivity index is 2.05. The van der Waals surface area contributed by atoms with E-state index in [-0.39, 0.29) is 11.9 Å². The molecule has 23 heavy (non-hydrogen) atoms. The highest BCUT2D eigenvalue weighted by molar-refractivity contribution is 7.01. The summed E-state index contributed by atoms with van der Waals surface area (Å²) in [5.41, 5.74) is 2.35. The third-order valence-corrected chi connectivity index (χ3v) is 8.50. The molecule has 1 atom stereocenters. The first-order valence-corrected chi connectivity index (χ1v) is 11.5. The van der Waals surface area contributed by atoms with Gasteiger partial charge >= 0.3 is 0 Å². The Kier molecular flexibility index (Phi) is 4.55. The van der Waals surface area contributed by atoms with Crippen LogP contribution in [-0.2, 0) is 4.79 Å². The normalized spacial score (nSPS) is 18.0. The molecule has 1 aliphatic rings. The maximum Gasteiger partial charge on any atom is 0.220 e. The molecule has 1 aromatic carbocycles. The molecule has 1 N–H and O–H groups in total. The van der Waals surface area contributed by atoms with Crippen molar-refractivity contribution in [2.75, 3.05) is 5.88 Å². The number of hydrogen-bond donors (Lipinski definition) is 1. The Morgan fingerprint density at radius 3 is 2.74 bits per heavy atom. The van der Waals surface area contributed by atoms with Crippen molar-refractivity contribution < 1.29 is 4.79 Å². The molecule has 1 aliphatic heterocycles. The molecular formula is C18H21ClN2OSi. The Labute approximate surface area is 143 Å². The zero-order chi connectivity index (χ0) is 16.4. The first kappa shape index (κ1) is 16.2. The van der Waals surface area contributed by atoms with Gasteiger partial charge in [0.05, 0.1) is 6.04 Å². The molecule has 0 bridgehead atoms. The van der Waals surface area contributed by atoms with E-state index in [0.717, 1.165) is 5.56 Å². The predicted molar refractivity (Wildman–Crippen MR) is 97.4 cm³/mol. The largest absolute Gasteiger partial charge is 0.345 e. The van der Waals surface area contributed by atoms with Gasteiger partial charge in [-0.05, 0) is 34.0 Å². The minimum atomic E-state index is -1.76. The molecule has 0 saturated carbocycles. The zero-order valence-electron chi connectivity index (χ0n) is 13.5. The molecule has 0 radical (unpaired) electrons. The van der Waals surface area contributed by atoms with Crippen LogP contribution in [0.2, 0.25) is 13.1 Å². The summed E-state index contributed by atoms with van der Waals surface area (Å²) in [6.07, 6.45) is 4.92. The lowest BCUT2D eigenvalue weighted by Crippen LogP contribution is -2.60. The van der Waals surface area contributed by atoms with Crippen molar-refractivity contribution >= 4 is 36.0 Å². The third-order valence-electron chi connectivity index (χ3n) is 4.62. The number of halogens is 1. The van der Waals surface area contributed by atoms with Crippen molar-refractivity contribution in [3.8, 4) is 0 Å². The second kappa shape index (κ2) is 6.46. The number of benzene rings is 1. The number of amides is 1. The van der Waals surface area contributed by atoms with Crippen molar-refractivity contribution in [1.29, 1.82) is 0 Å². The van der Waals surface area contributed by atoms with Gasteiger partial charge in [-0.2, -0.15) is 0 Å². The molecule has 2 heterocycles. The Morgan fingerprint density at radius 1 is 1.22 bits per heavy atom. The van der Waals surface area contributed by atoms with E-state index in [4.69, 9.17) is 11.6 Å². The lowest BCUT2D eigenvalue weighted by atomic mass is 9.98. The number of hydrogen-bond acceptors (Lipinski definition) is 2. The minimum absolute atomic E-state index is 0.0432. The van der Waals surface area contributed by atoms with Gasteiger partial charge in [0.1, 0.15) is 8.07 Å². The highest BCUT2D eigenvalue weighted by Crippen LogP contribution is 2.27. The van der Waals surface area contributed by atoms with E-state index >= 15 is 0 Å². The zero-order valence-corrected chi connectivity index (χ0v) is 15.2. The van der Waals surface area contributed by atoms with Gasteiger partial charge in [-0.25, -0.2) is 0 Å². The van der Waals surface area contributed by atoms with E-state index in [1.54, 1.807) is 0 Å². The SMILES string of the molecule is C[Si]1(C)c2ccccc2C(NC(=O)CCCCl)c2cnccc21. The number of carbonyl (C=O) groups excluding carboxylic acids is 1. The van der Waals surface area contributed by atoms with Gasteiger partial charge in [-0.15, -0.1) is 11.6 Å². The molecule has 0 spiro atoms. The minimum Gasteiger partial charge on any atom is -0.345 e. The molecule has 0 aliphatic carbocycles. The summed E-state index contributed by atoms with van der Waals surface area (Å²) >= 11 is 5.70. The van der Waals surface area contributed by atoms with Gasteiger partial charge in [0.25, 0.3) is 0 Å². The average Bonchev–Trinajstić information content (AvgIpc) is 2.57. The summed E-state index contributed by atoms with van der Waals surface area (Å²) in [4.78, 5) is 16.6. The number of fused-ring (bicyclic) bond motifs is 2. The molecule has 0 saturated heterocycles. The summed E-state index contributed by atoms with van der Waals surface area (Å²) < 4.78 is 0. The topological polar surface area (TPSA) is 42.0 Å². The van der Waals surface area contributed by atoms with E-state index in [1.807, 2.05) is 18.5 Å². The first-order valence-electron chi connectivity index (χ1n) is 7.95. The van der Waals surface area contributed by atoms with Gasteiger partial charge in [-0.1, -0.05) is 37.4 Å². The average molecular weight is 345 g/mol. The summed E-state index contributed by atoms with van der Waals surface area (Å²) in [5.74, 6) is 0.550. The number of alkyl halides is 1. The number of rotatable bonds is 4. The van der Waals surface area contributed by atoms with Crippen LogP contribution >= 0.6 is 11.6 Å². The smallest absolute Gasteiger partial charge is 0.220 e. The van der Waals surface area contributed by atoms with E-state index in [1.165, 1.54) is 15.9 Å². The molecule has 0 fully saturated rings. The Bertz CT molecular complexity index is 683. The number of nitrogens with zero attached hydrogens (tertiary/aromatic N) is 1. The van der Waals surface area contributed by atoms with E-state index < -0.39 is 8.07 Å². The fourth-order valence-corrected chi connectivity index (χ4v) is 6.76. The van der Waals surface area contributed by atoms with Crippen LogP contribution in [0.4, 0.5) is 0 Å². The van der Waals surface area contributed by atoms with Crippen LogP contribution in [0.3, 0.4) is 0 Å². The number of aromatic nitrogens is 1. The highest BCUT2D eigenvalue weighted by atomic mass is 35.5. The fourth-order valence-electron chi connectivity index (χ4n) is 3.45. The highest BCUT2D eigenvalue weighted by Gasteiger charge is 2.39. The second-order valence-electron chi connectivity index (χ2n) is 6.47. The van der Waals surface area contributed by atoms with E-state index in [2.05, 4.69) is 47.7 Å². The van der Waals surface area contributed by atoms with Gasteiger partial charge < -0.3 is 5.32 Å². The van der Waals surface area contributed by atoms with Crippen LogP contribution in [0.15, 0.2) is 42.7 Å². The Morgan fingerprint density at radius 2 is 1.96 bits per heavy atom. The molecule has 2 aromatic rings. The number of nitrogens with one attached hydrogen (secondary N) is 1. The van der Waals surface area contributed by atoms with Gasteiger partial charge in [-0.3, -0.25) is 9.78 Å². The summed E-state index contributed by atoms with van der Waals surface area (Å²) in [7, 11) is -1.76. The fraction of sp³-hybridized carbons (Fsp3) is 0.333. The third kappa shape index (κ3) is 2.93. The van der Waals surface area contributed by atoms with Gasteiger partial charge in [0.15, 0.2) is 0 Å². The van der Waals surface area contributed by atoms with Crippen molar-refractivity contribution in [3.05, 3.63) is 53.9 Å². The molecule has 5 heteroatoms. The molecule has 3 nitrogen and oxygen atoms in total. The van der Waals surface area contributed by atoms with Gasteiger partial charge in [0.2, 0.25) is 5.91 Å². The maximum atomic E-state index is 12.3. The summed E-state index contributed by atoms with van der Waals surface area (Å²) in [6.45, 7) is 4.71. The standard InChI is InChI=1S/C18H21ClN2OSi/c1-23(2)15-7-4-3-6-13(15)18(21-17(22)8-5-10-19)14-12-20-11-9-16(14)23/h3-4,6-7,9,11-12,18H,5,8,10H2,1-2H3,(H,21,22). The lowest BCUT2D eigenvalue weighted by Gasteiger charge is -2.38. The molecular weight excluding hydrogens is 324 g/mol. The van der Waals surface area contributed by atoms with Crippen LogP contribution in [0, 0.1) is 0 Å². The molecule has 1 aromatic heterocycles. The van der Waals surface area contributed by atoms with Crippen molar-refractivity contribution in [1.82, 2.24) is 10.3 Å². The van der Waals surface area contributed by atoms with Crippen molar-refractivity contribution in [2.45, 2.75) is 32.0 Å². The number of pyridine rings is 1. The maximum absolute atomic E-state index is 12.3. The van der Waals surface area contributed by atoms with E-state index in [9.17, 15) is 4.79 Å². The van der Waals surface area contributed by atoms with Crippen LogP contribution in [0.25, 0.3) is 0 Å².